The lowest BCUT2D eigenvalue weighted by atomic mass is 9.91. The number of nitrogens with zero attached hydrogens (tertiary/aromatic N) is 4. The van der Waals surface area contributed by atoms with Crippen molar-refractivity contribution < 1.29 is 27.2 Å². The maximum Gasteiger partial charge on any atom is 0.269 e. The summed E-state index contributed by atoms with van der Waals surface area (Å²) in [6.45, 7) is 5.57. The third kappa shape index (κ3) is 7.63. The second kappa shape index (κ2) is 13.8. The van der Waals surface area contributed by atoms with Gasteiger partial charge >= 0.3 is 0 Å². The fraction of sp³-hybridized carbons (Fsp3) is 0.393. The van der Waals surface area contributed by atoms with E-state index in [1.165, 1.54) is 6.21 Å². The molecule has 14 heteroatoms. The van der Waals surface area contributed by atoms with Crippen molar-refractivity contribution in [2.45, 2.75) is 31.1 Å². The molecule has 1 atom stereocenters. The van der Waals surface area contributed by atoms with Gasteiger partial charge in [0.25, 0.3) is 5.69 Å². The van der Waals surface area contributed by atoms with Crippen molar-refractivity contribution >= 4 is 39.1 Å². The molecular weight excluding hydrogens is 567 g/mol. The Balaban J connectivity index is 1.46. The van der Waals surface area contributed by atoms with E-state index in [1.807, 2.05) is 13.0 Å². The first-order valence-corrected chi connectivity index (χ1v) is 15.0. The van der Waals surface area contributed by atoms with E-state index in [-0.39, 0.29) is 23.6 Å². The van der Waals surface area contributed by atoms with Crippen LogP contribution < -0.4 is 10.2 Å². The van der Waals surface area contributed by atoms with Crippen LogP contribution in [0.3, 0.4) is 0 Å². The number of benzene rings is 2. The molecule has 3 aromatic rings. The summed E-state index contributed by atoms with van der Waals surface area (Å²) in [7, 11) is -3.84. The van der Waals surface area contributed by atoms with E-state index in [4.69, 9.17) is 14.9 Å². The summed E-state index contributed by atoms with van der Waals surface area (Å²) >= 11 is 0. The second-order valence-corrected chi connectivity index (χ2v) is 11.8. The van der Waals surface area contributed by atoms with Crippen LogP contribution in [0.4, 0.5) is 27.4 Å². The van der Waals surface area contributed by atoms with E-state index < -0.39 is 33.3 Å². The first-order valence-electron chi connectivity index (χ1n) is 13.3. The van der Waals surface area contributed by atoms with Gasteiger partial charge in [-0.25, -0.2) is 18.4 Å². The number of aryl methyl sites for hydroxylation is 2. The quantitative estimate of drug-likeness (QED) is 0.124. The van der Waals surface area contributed by atoms with E-state index in [1.54, 1.807) is 19.1 Å². The predicted molar refractivity (Wildman–Crippen MR) is 157 cm³/mol. The first-order chi connectivity index (χ1) is 20.1. The fourth-order valence-corrected chi connectivity index (χ4v) is 5.70. The minimum Gasteiger partial charge on any atom is -0.378 e. The highest BCUT2D eigenvalue weighted by Crippen LogP contribution is 2.31. The Labute approximate surface area is 243 Å². The molecule has 1 fully saturated rings. The molecule has 2 heterocycles. The monoisotopic (exact) mass is 600 g/mol. The molecule has 12 nitrogen and oxygen atoms in total. The van der Waals surface area contributed by atoms with Crippen LogP contribution in [-0.2, 0) is 19.3 Å². The van der Waals surface area contributed by atoms with Crippen LogP contribution in [0, 0.1) is 29.4 Å². The molecule has 2 aromatic carbocycles. The Bertz CT molecular complexity index is 1530. The number of halogens is 1. The van der Waals surface area contributed by atoms with Crippen molar-refractivity contribution in [1.29, 1.82) is 5.41 Å². The van der Waals surface area contributed by atoms with Gasteiger partial charge in [0.05, 0.1) is 29.7 Å². The number of ether oxygens (including phenoxy) is 2. The summed E-state index contributed by atoms with van der Waals surface area (Å²) < 4.78 is 50.3. The molecule has 0 radical (unpaired) electrons. The molecule has 0 amide bonds. The largest absolute Gasteiger partial charge is 0.378 e. The number of morpholine rings is 1. The van der Waals surface area contributed by atoms with E-state index >= 15 is 0 Å². The average Bonchev–Trinajstić information content (AvgIpc) is 2.98. The van der Waals surface area contributed by atoms with Gasteiger partial charge in [-0.3, -0.25) is 14.5 Å². The summed E-state index contributed by atoms with van der Waals surface area (Å²) in [5, 5.41) is 22.0. The van der Waals surface area contributed by atoms with Gasteiger partial charge in [0.2, 0.25) is 9.84 Å². The number of nitro groups is 1. The minimum atomic E-state index is -3.84. The fourth-order valence-electron chi connectivity index (χ4n) is 4.68. The third-order valence-corrected chi connectivity index (χ3v) is 8.37. The van der Waals surface area contributed by atoms with Crippen molar-refractivity contribution in [2.24, 2.45) is 0 Å². The Hall–Kier alpha value is -4.01. The highest BCUT2D eigenvalue weighted by Gasteiger charge is 2.20. The second-order valence-electron chi connectivity index (χ2n) is 9.86. The van der Waals surface area contributed by atoms with Gasteiger partial charge in [-0.15, -0.1) is 0 Å². The molecule has 1 aromatic heterocycles. The normalized spacial score (nSPS) is 14.4. The SMILES string of the molecule is Cc1nc(Nc2cc(C(CF)CCOCS(=O)(=O)c3ccc([N+](=O)[O-])cc3)c(C)cc2C=N)cc(N2CCOCC2)n1. The van der Waals surface area contributed by atoms with Gasteiger partial charge in [0.1, 0.15) is 17.5 Å². The number of hydrogen-bond donors (Lipinski definition) is 2. The smallest absolute Gasteiger partial charge is 0.269 e. The van der Waals surface area contributed by atoms with Crippen LogP contribution >= 0.6 is 0 Å². The Morgan fingerprint density at radius 1 is 1.19 bits per heavy atom. The number of nitro benzene ring substituents is 1. The number of sulfone groups is 1. The highest BCUT2D eigenvalue weighted by molar-refractivity contribution is 7.91. The van der Waals surface area contributed by atoms with Gasteiger partial charge in [0, 0.05) is 61.3 Å². The van der Waals surface area contributed by atoms with Crippen LogP contribution in [0.15, 0.2) is 47.4 Å². The molecule has 1 aliphatic heterocycles. The minimum absolute atomic E-state index is 0.0245. The van der Waals surface area contributed by atoms with Crippen LogP contribution in [0.2, 0.25) is 0 Å². The van der Waals surface area contributed by atoms with Crippen molar-refractivity contribution in [1.82, 2.24) is 9.97 Å². The molecule has 1 unspecified atom stereocenters. The lowest BCUT2D eigenvalue weighted by Crippen LogP contribution is -2.36. The first kappa shape index (κ1) is 30.9. The summed E-state index contributed by atoms with van der Waals surface area (Å²) in [4.78, 5) is 21.3. The molecule has 4 rings (SSSR count). The number of aromatic nitrogens is 2. The van der Waals surface area contributed by atoms with E-state index in [9.17, 15) is 22.9 Å². The summed E-state index contributed by atoms with van der Waals surface area (Å²) in [5.74, 6) is 0.662. The zero-order valence-electron chi connectivity index (χ0n) is 23.4. The zero-order chi connectivity index (χ0) is 30.3. The molecule has 0 aliphatic carbocycles. The molecule has 224 valence electrons. The Morgan fingerprint density at radius 3 is 2.55 bits per heavy atom. The van der Waals surface area contributed by atoms with Gasteiger partial charge in [-0.2, -0.15) is 0 Å². The molecule has 0 bridgehead atoms. The summed E-state index contributed by atoms with van der Waals surface area (Å²) in [5.41, 5.74) is 2.45. The van der Waals surface area contributed by atoms with Crippen molar-refractivity contribution in [3.8, 4) is 0 Å². The maximum absolute atomic E-state index is 14.3. The van der Waals surface area contributed by atoms with Crippen LogP contribution in [0.25, 0.3) is 0 Å². The lowest BCUT2D eigenvalue weighted by Gasteiger charge is -2.28. The zero-order valence-corrected chi connectivity index (χ0v) is 24.2. The predicted octanol–water partition coefficient (Wildman–Crippen LogP) is 4.47. The molecule has 0 spiro atoms. The molecule has 2 N–H and O–H groups in total. The third-order valence-electron chi connectivity index (χ3n) is 6.90. The number of anilines is 3. The summed E-state index contributed by atoms with van der Waals surface area (Å²) in [6.07, 6.45) is 1.43. The lowest BCUT2D eigenvalue weighted by molar-refractivity contribution is -0.384. The number of rotatable bonds is 13. The number of alkyl halides is 1. The van der Waals surface area contributed by atoms with Crippen LogP contribution in [-0.4, -0.2) is 75.0 Å². The molecule has 42 heavy (non-hydrogen) atoms. The highest BCUT2D eigenvalue weighted by atomic mass is 32.2. The average molecular weight is 601 g/mol. The summed E-state index contributed by atoms with van der Waals surface area (Å²) in [6, 6.07) is 9.97. The van der Waals surface area contributed by atoms with Crippen LogP contribution in [0.1, 0.15) is 34.9 Å². The van der Waals surface area contributed by atoms with Crippen molar-refractivity contribution in [3.05, 3.63) is 75.1 Å². The molecule has 1 saturated heterocycles. The number of nitrogens with one attached hydrogen (secondary N) is 2. The van der Waals surface area contributed by atoms with Gasteiger partial charge in [-0.1, -0.05) is 0 Å². The van der Waals surface area contributed by atoms with Crippen LogP contribution in [0.5, 0.6) is 0 Å². The molecule has 1 aliphatic rings. The van der Waals surface area contributed by atoms with E-state index in [2.05, 4.69) is 20.2 Å². The number of hydrogen-bond acceptors (Lipinski definition) is 11. The molecule has 0 saturated carbocycles. The standard InChI is InChI=1S/C28H33FN6O6S/c1-19-13-22(17-30)26(33-27-15-28(32-20(2)31-27)34-8-11-40-12-9-34)14-25(19)21(16-29)7-10-41-18-42(38,39)24-5-3-23(4-6-24)35(36)37/h3-6,13-15,17,21,30H,7-12,16,18H2,1-2H3,(H,31,32,33). The van der Waals surface area contributed by atoms with Gasteiger partial charge < -0.3 is 25.1 Å². The van der Waals surface area contributed by atoms with Gasteiger partial charge in [-0.05, 0) is 55.7 Å². The van der Waals surface area contributed by atoms with E-state index in [0.717, 1.165) is 35.6 Å². The van der Waals surface area contributed by atoms with E-state index in [0.29, 0.717) is 54.8 Å². The van der Waals surface area contributed by atoms with Crippen molar-refractivity contribution in [3.63, 3.8) is 0 Å². The number of non-ortho nitro benzene ring substituents is 1. The Morgan fingerprint density at radius 2 is 1.90 bits per heavy atom. The maximum atomic E-state index is 14.3. The Kier molecular flexibility index (Phi) is 10.1. The molecular formula is C28H33FN6O6S. The van der Waals surface area contributed by atoms with Crippen molar-refractivity contribution in [2.75, 3.05) is 55.7 Å². The topological polar surface area (TPSA) is 161 Å². The van der Waals surface area contributed by atoms with Gasteiger partial charge in [0.15, 0.2) is 5.94 Å².